The molecule has 10 heavy (non-hydrogen) atoms. The number of alkyl carbamates (subject to hydrolysis) is 1. The topological polar surface area (TPSA) is 38.3 Å². The lowest BCUT2D eigenvalue weighted by Crippen LogP contribution is -2.35. The van der Waals surface area contributed by atoms with Crippen LogP contribution in [0.1, 0.15) is 20.8 Å². The molecule has 0 aromatic carbocycles. The van der Waals surface area contributed by atoms with E-state index in [0.29, 0.717) is 12.5 Å². The SMILES string of the molecule is CC(C)C1(C)CNC(=O)O1. The minimum absolute atomic E-state index is 0.295. The van der Waals surface area contributed by atoms with Crippen LogP contribution in [0.2, 0.25) is 0 Å². The Morgan fingerprint density at radius 1 is 1.70 bits per heavy atom. The normalized spacial score (nSPS) is 32.2. The summed E-state index contributed by atoms with van der Waals surface area (Å²) >= 11 is 0. The van der Waals surface area contributed by atoms with Gasteiger partial charge in [0.2, 0.25) is 0 Å². The second-order valence-corrected chi connectivity index (χ2v) is 3.21. The van der Waals surface area contributed by atoms with Gasteiger partial charge in [0, 0.05) is 0 Å². The van der Waals surface area contributed by atoms with Crippen molar-refractivity contribution in [2.24, 2.45) is 5.92 Å². The molecule has 0 aliphatic carbocycles. The van der Waals surface area contributed by atoms with Crippen LogP contribution in [0.3, 0.4) is 0 Å². The van der Waals surface area contributed by atoms with Gasteiger partial charge in [-0.2, -0.15) is 0 Å². The molecule has 3 heteroatoms. The summed E-state index contributed by atoms with van der Waals surface area (Å²) in [6.45, 7) is 6.65. The van der Waals surface area contributed by atoms with E-state index in [1.54, 1.807) is 0 Å². The molecule has 0 saturated carbocycles. The molecule has 1 heterocycles. The van der Waals surface area contributed by atoms with Gasteiger partial charge < -0.3 is 10.1 Å². The van der Waals surface area contributed by atoms with Crippen molar-refractivity contribution in [3.63, 3.8) is 0 Å². The van der Waals surface area contributed by atoms with Crippen LogP contribution >= 0.6 is 0 Å². The van der Waals surface area contributed by atoms with Gasteiger partial charge >= 0.3 is 6.09 Å². The van der Waals surface area contributed by atoms with Gasteiger partial charge in [0.25, 0.3) is 0 Å². The van der Waals surface area contributed by atoms with Crippen LogP contribution in [0, 0.1) is 5.92 Å². The quantitative estimate of drug-likeness (QED) is 0.597. The number of cyclic esters (lactones) is 1. The standard InChI is InChI=1S/C7H13NO2/c1-5(2)7(3)4-8-6(9)10-7/h5H,4H2,1-3H3,(H,8,9). The Morgan fingerprint density at radius 2 is 2.30 bits per heavy atom. The molecule has 0 aromatic rings. The van der Waals surface area contributed by atoms with Gasteiger partial charge in [-0.05, 0) is 12.8 Å². The van der Waals surface area contributed by atoms with Crippen LogP contribution in [0.15, 0.2) is 0 Å². The van der Waals surface area contributed by atoms with Crippen molar-refractivity contribution >= 4 is 6.09 Å². The van der Waals surface area contributed by atoms with Crippen molar-refractivity contribution in [3.05, 3.63) is 0 Å². The molecule has 0 spiro atoms. The Morgan fingerprint density at radius 3 is 2.50 bits per heavy atom. The molecule has 1 fully saturated rings. The first-order chi connectivity index (χ1) is 4.54. The van der Waals surface area contributed by atoms with Crippen LogP contribution in [0.4, 0.5) is 4.79 Å². The summed E-state index contributed by atoms with van der Waals surface area (Å²) < 4.78 is 5.06. The minimum Gasteiger partial charge on any atom is -0.441 e. The van der Waals surface area contributed by atoms with Gasteiger partial charge in [0.05, 0.1) is 6.54 Å². The second-order valence-electron chi connectivity index (χ2n) is 3.21. The number of amides is 1. The molecular weight excluding hydrogens is 130 g/mol. The van der Waals surface area contributed by atoms with Gasteiger partial charge in [0.1, 0.15) is 5.60 Å². The lowest BCUT2D eigenvalue weighted by atomic mass is 9.93. The number of rotatable bonds is 1. The summed E-state index contributed by atoms with van der Waals surface area (Å²) in [4.78, 5) is 10.6. The molecule has 0 bridgehead atoms. The number of ether oxygens (including phenoxy) is 1. The first kappa shape index (κ1) is 7.38. The highest BCUT2D eigenvalue weighted by Gasteiger charge is 2.38. The highest BCUT2D eigenvalue weighted by atomic mass is 16.6. The highest BCUT2D eigenvalue weighted by molar-refractivity contribution is 5.70. The number of hydrogen-bond acceptors (Lipinski definition) is 2. The van der Waals surface area contributed by atoms with Gasteiger partial charge in [0.15, 0.2) is 0 Å². The monoisotopic (exact) mass is 143 g/mol. The molecule has 0 aromatic heterocycles. The number of carbonyl (C=O) groups is 1. The number of carbonyl (C=O) groups excluding carboxylic acids is 1. The smallest absolute Gasteiger partial charge is 0.407 e. The molecule has 1 saturated heterocycles. The minimum atomic E-state index is -0.295. The molecule has 0 radical (unpaired) electrons. The van der Waals surface area contributed by atoms with Crippen molar-refractivity contribution in [1.82, 2.24) is 5.32 Å². The van der Waals surface area contributed by atoms with Crippen LogP contribution in [-0.4, -0.2) is 18.2 Å². The Labute approximate surface area is 60.7 Å². The Kier molecular flexibility index (Phi) is 1.58. The van der Waals surface area contributed by atoms with E-state index in [1.165, 1.54) is 0 Å². The van der Waals surface area contributed by atoms with Crippen molar-refractivity contribution in [2.75, 3.05) is 6.54 Å². The van der Waals surface area contributed by atoms with Crippen LogP contribution in [0.25, 0.3) is 0 Å². The first-order valence-electron chi connectivity index (χ1n) is 3.51. The number of nitrogens with one attached hydrogen (secondary N) is 1. The van der Waals surface area contributed by atoms with Gasteiger partial charge in [-0.15, -0.1) is 0 Å². The fourth-order valence-corrected chi connectivity index (χ4v) is 0.854. The lowest BCUT2D eigenvalue weighted by Gasteiger charge is -2.24. The van der Waals surface area contributed by atoms with Crippen molar-refractivity contribution in [1.29, 1.82) is 0 Å². The lowest BCUT2D eigenvalue weighted by molar-refractivity contribution is 0.0346. The summed E-state index contributed by atoms with van der Waals surface area (Å²) in [6, 6.07) is 0. The summed E-state index contributed by atoms with van der Waals surface area (Å²) in [5.41, 5.74) is -0.295. The summed E-state index contributed by atoms with van der Waals surface area (Å²) in [7, 11) is 0. The highest BCUT2D eigenvalue weighted by Crippen LogP contribution is 2.24. The molecular formula is C7H13NO2. The largest absolute Gasteiger partial charge is 0.441 e. The van der Waals surface area contributed by atoms with E-state index < -0.39 is 0 Å². The zero-order chi connectivity index (χ0) is 7.78. The maximum atomic E-state index is 10.6. The van der Waals surface area contributed by atoms with Gasteiger partial charge in [-0.25, -0.2) is 4.79 Å². The summed E-state index contributed by atoms with van der Waals surface area (Å²) in [6.07, 6.45) is -0.295. The average Bonchev–Trinajstić information content (AvgIpc) is 2.13. The molecule has 1 unspecified atom stereocenters. The Balaban J connectivity index is 2.63. The third kappa shape index (κ3) is 1.08. The Bertz CT molecular complexity index is 156. The third-order valence-electron chi connectivity index (χ3n) is 2.13. The van der Waals surface area contributed by atoms with Crippen molar-refractivity contribution in [3.8, 4) is 0 Å². The van der Waals surface area contributed by atoms with E-state index in [-0.39, 0.29) is 11.7 Å². The van der Waals surface area contributed by atoms with E-state index in [1.807, 2.05) is 20.8 Å². The van der Waals surface area contributed by atoms with E-state index >= 15 is 0 Å². The van der Waals surface area contributed by atoms with Crippen molar-refractivity contribution in [2.45, 2.75) is 26.4 Å². The number of hydrogen-bond donors (Lipinski definition) is 1. The fourth-order valence-electron chi connectivity index (χ4n) is 0.854. The van der Waals surface area contributed by atoms with Gasteiger partial charge in [-0.3, -0.25) is 0 Å². The van der Waals surface area contributed by atoms with E-state index in [9.17, 15) is 4.79 Å². The summed E-state index contributed by atoms with van der Waals surface area (Å²) in [5.74, 6) is 0.367. The molecule has 1 aliphatic heterocycles. The maximum Gasteiger partial charge on any atom is 0.407 e. The molecule has 58 valence electrons. The average molecular weight is 143 g/mol. The second kappa shape index (κ2) is 2.15. The molecule has 1 aliphatic rings. The molecule has 1 atom stereocenters. The van der Waals surface area contributed by atoms with Gasteiger partial charge in [-0.1, -0.05) is 13.8 Å². The van der Waals surface area contributed by atoms with Crippen LogP contribution in [0.5, 0.6) is 0 Å². The predicted octanol–water partition coefficient (Wildman–Crippen LogP) is 1.14. The first-order valence-corrected chi connectivity index (χ1v) is 3.51. The predicted molar refractivity (Wildman–Crippen MR) is 37.7 cm³/mol. The molecule has 3 nitrogen and oxygen atoms in total. The van der Waals surface area contributed by atoms with Crippen molar-refractivity contribution < 1.29 is 9.53 Å². The van der Waals surface area contributed by atoms with Crippen LogP contribution in [-0.2, 0) is 4.74 Å². The van der Waals surface area contributed by atoms with E-state index in [0.717, 1.165) is 0 Å². The Hall–Kier alpha value is -0.730. The van der Waals surface area contributed by atoms with E-state index in [2.05, 4.69) is 5.32 Å². The summed E-state index contributed by atoms with van der Waals surface area (Å²) in [5, 5.41) is 2.63. The third-order valence-corrected chi connectivity index (χ3v) is 2.13. The molecule has 1 rings (SSSR count). The maximum absolute atomic E-state index is 10.6. The zero-order valence-electron chi connectivity index (χ0n) is 6.60. The van der Waals surface area contributed by atoms with Crippen LogP contribution < -0.4 is 5.32 Å². The molecule has 1 amide bonds. The zero-order valence-corrected chi connectivity index (χ0v) is 6.60. The fraction of sp³-hybridized carbons (Fsp3) is 0.857. The molecule has 1 N–H and O–H groups in total. The van der Waals surface area contributed by atoms with E-state index in [4.69, 9.17) is 4.74 Å².